The highest BCUT2D eigenvalue weighted by Crippen LogP contribution is 2.62. The van der Waals surface area contributed by atoms with Crippen LogP contribution >= 0.6 is 0 Å². The standard InChI is InChI=1S/C14H22N2/c1-13(16,9-15)8-14-5-10-2-11(6-14)4-12(3-10)7-14/h10-12H,2-8,16H2,1H3. The van der Waals surface area contributed by atoms with Gasteiger partial charge in [-0.3, -0.25) is 0 Å². The number of hydrogen-bond acceptors (Lipinski definition) is 2. The van der Waals surface area contributed by atoms with Crippen LogP contribution in [-0.2, 0) is 0 Å². The van der Waals surface area contributed by atoms with Crippen molar-refractivity contribution in [3.8, 4) is 6.07 Å². The molecule has 4 saturated carbocycles. The van der Waals surface area contributed by atoms with E-state index >= 15 is 0 Å². The van der Waals surface area contributed by atoms with Crippen molar-refractivity contribution in [2.24, 2.45) is 28.9 Å². The van der Waals surface area contributed by atoms with Crippen molar-refractivity contribution in [3.05, 3.63) is 0 Å². The van der Waals surface area contributed by atoms with Gasteiger partial charge in [0.05, 0.1) is 6.07 Å². The molecule has 0 aromatic heterocycles. The number of nitriles is 1. The van der Waals surface area contributed by atoms with E-state index in [0.717, 1.165) is 24.2 Å². The van der Waals surface area contributed by atoms with Crippen LogP contribution in [0.25, 0.3) is 0 Å². The molecule has 2 N–H and O–H groups in total. The van der Waals surface area contributed by atoms with Crippen molar-refractivity contribution < 1.29 is 0 Å². The number of hydrogen-bond donors (Lipinski definition) is 1. The third-order valence-corrected chi connectivity index (χ3v) is 5.16. The predicted octanol–water partition coefficient (Wildman–Crippen LogP) is 2.83. The average molecular weight is 218 g/mol. The van der Waals surface area contributed by atoms with E-state index in [1.54, 1.807) is 0 Å². The third kappa shape index (κ3) is 1.66. The van der Waals surface area contributed by atoms with Crippen LogP contribution in [0.5, 0.6) is 0 Å². The first-order chi connectivity index (χ1) is 7.50. The number of rotatable bonds is 2. The Morgan fingerprint density at radius 3 is 2.00 bits per heavy atom. The van der Waals surface area contributed by atoms with Gasteiger partial charge in [0.25, 0.3) is 0 Å². The molecule has 1 unspecified atom stereocenters. The molecule has 0 amide bonds. The molecule has 4 aliphatic rings. The summed E-state index contributed by atoms with van der Waals surface area (Å²) in [7, 11) is 0. The van der Waals surface area contributed by atoms with Crippen molar-refractivity contribution in [1.82, 2.24) is 0 Å². The molecule has 0 aromatic rings. The zero-order chi connectivity index (χ0) is 11.4. The SMILES string of the molecule is CC(N)(C#N)CC12CC3CC(CC(C3)C1)C2. The van der Waals surface area contributed by atoms with Crippen LogP contribution < -0.4 is 5.73 Å². The van der Waals surface area contributed by atoms with Crippen molar-refractivity contribution in [1.29, 1.82) is 5.26 Å². The van der Waals surface area contributed by atoms with Crippen molar-refractivity contribution in [2.75, 3.05) is 0 Å². The van der Waals surface area contributed by atoms with Crippen molar-refractivity contribution in [2.45, 2.75) is 57.4 Å². The predicted molar refractivity (Wildman–Crippen MR) is 63.4 cm³/mol. The molecular formula is C14H22N2. The largest absolute Gasteiger partial charge is 0.314 e. The number of nitrogens with zero attached hydrogens (tertiary/aromatic N) is 1. The second kappa shape index (κ2) is 3.23. The van der Waals surface area contributed by atoms with Crippen LogP contribution in [0.1, 0.15) is 51.9 Å². The van der Waals surface area contributed by atoms with Gasteiger partial charge in [-0.05, 0) is 75.0 Å². The molecule has 2 nitrogen and oxygen atoms in total. The minimum atomic E-state index is -0.605. The van der Waals surface area contributed by atoms with Gasteiger partial charge in [0.1, 0.15) is 5.54 Å². The van der Waals surface area contributed by atoms with E-state index < -0.39 is 5.54 Å². The van der Waals surface area contributed by atoms with E-state index in [1.807, 2.05) is 6.92 Å². The van der Waals surface area contributed by atoms with Gasteiger partial charge in [0.15, 0.2) is 0 Å². The third-order valence-electron chi connectivity index (χ3n) is 5.16. The summed E-state index contributed by atoms with van der Waals surface area (Å²) in [5.74, 6) is 2.88. The summed E-state index contributed by atoms with van der Waals surface area (Å²) in [4.78, 5) is 0. The molecule has 4 fully saturated rings. The molecule has 88 valence electrons. The van der Waals surface area contributed by atoms with Gasteiger partial charge in [0, 0.05) is 0 Å². The molecule has 4 bridgehead atoms. The van der Waals surface area contributed by atoms with Crippen LogP contribution in [-0.4, -0.2) is 5.54 Å². The van der Waals surface area contributed by atoms with E-state index in [9.17, 15) is 0 Å². The van der Waals surface area contributed by atoms with E-state index in [-0.39, 0.29) is 0 Å². The summed E-state index contributed by atoms with van der Waals surface area (Å²) in [6, 6.07) is 2.29. The highest BCUT2D eigenvalue weighted by molar-refractivity contribution is 5.10. The maximum absolute atomic E-state index is 9.12. The lowest BCUT2D eigenvalue weighted by Gasteiger charge is -2.58. The summed E-state index contributed by atoms with van der Waals surface area (Å²) in [5, 5.41) is 9.12. The summed E-state index contributed by atoms with van der Waals surface area (Å²) in [6.07, 6.45) is 9.39. The Morgan fingerprint density at radius 2 is 1.62 bits per heavy atom. The van der Waals surface area contributed by atoms with Gasteiger partial charge >= 0.3 is 0 Å². The minimum absolute atomic E-state index is 0.438. The molecule has 16 heavy (non-hydrogen) atoms. The van der Waals surface area contributed by atoms with Crippen LogP contribution in [0.3, 0.4) is 0 Å². The lowest BCUT2D eigenvalue weighted by Crippen LogP contribution is -2.51. The maximum atomic E-state index is 9.12. The topological polar surface area (TPSA) is 49.8 Å². The molecule has 2 heteroatoms. The Bertz CT molecular complexity index is 302. The Kier molecular flexibility index (Phi) is 2.14. The maximum Gasteiger partial charge on any atom is 0.101 e. The van der Waals surface area contributed by atoms with Gasteiger partial charge in [-0.2, -0.15) is 5.26 Å². The molecule has 0 heterocycles. The fourth-order valence-corrected chi connectivity index (χ4v) is 5.33. The van der Waals surface area contributed by atoms with Crippen LogP contribution in [0.2, 0.25) is 0 Å². The Balaban J connectivity index is 1.81. The molecule has 4 rings (SSSR count). The summed E-state index contributed by atoms with van der Waals surface area (Å²) >= 11 is 0. The highest BCUT2D eigenvalue weighted by Gasteiger charge is 2.52. The molecule has 4 aliphatic carbocycles. The normalized spacial score (nSPS) is 48.7. The van der Waals surface area contributed by atoms with Crippen molar-refractivity contribution >= 4 is 0 Å². The van der Waals surface area contributed by atoms with E-state index in [4.69, 9.17) is 11.0 Å². The first-order valence-corrected chi connectivity index (χ1v) is 6.70. The quantitative estimate of drug-likeness (QED) is 0.774. The summed E-state index contributed by atoms with van der Waals surface area (Å²) < 4.78 is 0. The monoisotopic (exact) mass is 218 g/mol. The molecular weight excluding hydrogens is 196 g/mol. The fourth-order valence-electron chi connectivity index (χ4n) is 5.33. The first kappa shape index (κ1) is 10.6. The average Bonchev–Trinajstić information content (AvgIpc) is 2.13. The Labute approximate surface area is 98.2 Å². The van der Waals surface area contributed by atoms with Gasteiger partial charge in [-0.25, -0.2) is 0 Å². The lowest BCUT2D eigenvalue weighted by atomic mass is 9.48. The number of nitrogens with two attached hydrogens (primary N) is 1. The zero-order valence-electron chi connectivity index (χ0n) is 10.2. The van der Waals surface area contributed by atoms with Gasteiger partial charge < -0.3 is 5.73 Å². The van der Waals surface area contributed by atoms with Gasteiger partial charge in [-0.1, -0.05) is 0 Å². The second-order valence-electron chi connectivity index (χ2n) is 7.12. The molecule has 1 atom stereocenters. The molecule has 0 saturated heterocycles. The smallest absolute Gasteiger partial charge is 0.101 e. The molecule has 0 radical (unpaired) electrons. The van der Waals surface area contributed by atoms with Crippen molar-refractivity contribution in [3.63, 3.8) is 0 Å². The molecule has 0 aromatic carbocycles. The highest BCUT2D eigenvalue weighted by atomic mass is 14.7. The van der Waals surface area contributed by atoms with E-state index in [1.165, 1.54) is 38.5 Å². The first-order valence-electron chi connectivity index (χ1n) is 6.70. The summed E-state index contributed by atoms with van der Waals surface area (Å²) in [6.45, 7) is 1.91. The molecule has 0 aliphatic heterocycles. The lowest BCUT2D eigenvalue weighted by molar-refractivity contribution is -0.0633. The van der Waals surface area contributed by atoms with Gasteiger partial charge in [0.2, 0.25) is 0 Å². The molecule has 0 spiro atoms. The minimum Gasteiger partial charge on any atom is -0.314 e. The second-order valence-corrected chi connectivity index (χ2v) is 7.12. The van der Waals surface area contributed by atoms with E-state index in [2.05, 4.69) is 6.07 Å². The van der Waals surface area contributed by atoms with Crippen LogP contribution in [0, 0.1) is 34.5 Å². The Hall–Kier alpha value is -0.550. The van der Waals surface area contributed by atoms with E-state index in [0.29, 0.717) is 5.41 Å². The zero-order valence-corrected chi connectivity index (χ0v) is 10.2. The van der Waals surface area contributed by atoms with Crippen LogP contribution in [0.4, 0.5) is 0 Å². The summed E-state index contributed by atoms with van der Waals surface area (Å²) in [5.41, 5.74) is 5.91. The Morgan fingerprint density at radius 1 is 1.19 bits per heavy atom. The van der Waals surface area contributed by atoms with Crippen LogP contribution in [0.15, 0.2) is 0 Å². The van der Waals surface area contributed by atoms with Gasteiger partial charge in [-0.15, -0.1) is 0 Å². The fraction of sp³-hybridized carbons (Fsp3) is 0.929.